The fraction of sp³-hybridized carbons (Fsp3) is 0.304. The van der Waals surface area contributed by atoms with Gasteiger partial charge in [0.05, 0.1) is 5.52 Å². The van der Waals surface area contributed by atoms with E-state index < -0.39 is 5.91 Å². The van der Waals surface area contributed by atoms with Crippen LogP contribution in [0.1, 0.15) is 42.5 Å². The van der Waals surface area contributed by atoms with Crippen molar-refractivity contribution in [2.75, 3.05) is 18.0 Å². The van der Waals surface area contributed by atoms with Crippen LogP contribution >= 0.6 is 0 Å². The Morgan fingerprint density at radius 1 is 0.926 bits per heavy atom. The van der Waals surface area contributed by atoms with E-state index in [1.807, 2.05) is 42.6 Å². The van der Waals surface area contributed by atoms with E-state index in [1.54, 1.807) is 0 Å². The number of amides is 1. The number of fused-ring (bicyclic) bond motifs is 1. The van der Waals surface area contributed by atoms with E-state index in [0.717, 1.165) is 40.8 Å². The number of carbonyl (C=O) groups is 1. The first kappa shape index (κ1) is 17.5. The molecule has 2 N–H and O–H groups in total. The van der Waals surface area contributed by atoms with Crippen molar-refractivity contribution in [3.05, 3.63) is 60.3 Å². The van der Waals surface area contributed by atoms with Gasteiger partial charge in [-0.15, -0.1) is 0 Å². The van der Waals surface area contributed by atoms with Crippen LogP contribution in [-0.4, -0.2) is 24.0 Å². The average Bonchev–Trinajstić information content (AvgIpc) is 2.67. The molecular formula is C23H25N3O. The predicted molar refractivity (Wildman–Crippen MR) is 111 cm³/mol. The fourth-order valence-electron chi connectivity index (χ4n) is 3.91. The van der Waals surface area contributed by atoms with Gasteiger partial charge in [-0.3, -0.25) is 9.78 Å². The van der Waals surface area contributed by atoms with Crippen LogP contribution in [0.15, 0.2) is 54.7 Å². The number of nitrogens with zero attached hydrogens (tertiary/aromatic N) is 2. The molecule has 0 aliphatic carbocycles. The van der Waals surface area contributed by atoms with Gasteiger partial charge in [-0.05, 0) is 48.7 Å². The molecule has 27 heavy (non-hydrogen) atoms. The second kappa shape index (κ2) is 7.78. The van der Waals surface area contributed by atoms with Crippen LogP contribution in [0.5, 0.6) is 0 Å². The third-order valence-electron chi connectivity index (χ3n) is 5.39. The Morgan fingerprint density at radius 2 is 1.67 bits per heavy atom. The Bertz CT molecular complexity index is 959. The van der Waals surface area contributed by atoms with Crippen molar-refractivity contribution in [1.82, 2.24) is 4.98 Å². The molecule has 2 aromatic carbocycles. The lowest BCUT2D eigenvalue weighted by Crippen LogP contribution is -2.27. The van der Waals surface area contributed by atoms with Crippen LogP contribution in [0.2, 0.25) is 0 Å². The van der Waals surface area contributed by atoms with E-state index in [-0.39, 0.29) is 0 Å². The number of anilines is 1. The molecule has 4 rings (SSSR count). The molecule has 0 unspecified atom stereocenters. The summed E-state index contributed by atoms with van der Waals surface area (Å²) in [6.07, 6.45) is 8.17. The van der Waals surface area contributed by atoms with Gasteiger partial charge in [0.15, 0.2) is 0 Å². The van der Waals surface area contributed by atoms with Crippen molar-refractivity contribution in [3.63, 3.8) is 0 Å². The van der Waals surface area contributed by atoms with Gasteiger partial charge in [0.1, 0.15) is 0 Å². The Hall–Kier alpha value is -2.88. The first-order valence-electron chi connectivity index (χ1n) is 9.76. The maximum absolute atomic E-state index is 12.0. The van der Waals surface area contributed by atoms with Gasteiger partial charge < -0.3 is 10.6 Å². The van der Waals surface area contributed by atoms with Crippen LogP contribution in [0.25, 0.3) is 22.0 Å². The Balaban J connectivity index is 1.77. The van der Waals surface area contributed by atoms with Crippen molar-refractivity contribution in [2.45, 2.75) is 32.1 Å². The molecule has 4 heteroatoms. The SMILES string of the molecule is NC(=O)c1ccc(N2CCCCCCC2)cc1-c1cnc2ccccc2c1. The van der Waals surface area contributed by atoms with Gasteiger partial charge in [0.25, 0.3) is 0 Å². The van der Waals surface area contributed by atoms with E-state index in [1.165, 1.54) is 32.1 Å². The lowest BCUT2D eigenvalue weighted by Gasteiger charge is -2.27. The van der Waals surface area contributed by atoms with Crippen LogP contribution in [0, 0.1) is 0 Å². The van der Waals surface area contributed by atoms with Gasteiger partial charge in [-0.2, -0.15) is 0 Å². The summed E-state index contributed by atoms with van der Waals surface area (Å²) in [4.78, 5) is 19.0. The number of pyridine rings is 1. The molecule has 1 aliphatic rings. The van der Waals surface area contributed by atoms with E-state index in [0.29, 0.717) is 5.56 Å². The second-order valence-electron chi connectivity index (χ2n) is 7.27. The van der Waals surface area contributed by atoms with Crippen molar-refractivity contribution in [1.29, 1.82) is 0 Å². The molecular weight excluding hydrogens is 334 g/mol. The zero-order valence-electron chi connectivity index (χ0n) is 15.5. The second-order valence-corrected chi connectivity index (χ2v) is 7.27. The molecule has 1 amide bonds. The molecule has 0 atom stereocenters. The summed E-state index contributed by atoms with van der Waals surface area (Å²) >= 11 is 0. The third kappa shape index (κ3) is 3.80. The molecule has 1 fully saturated rings. The van der Waals surface area contributed by atoms with Crippen molar-refractivity contribution < 1.29 is 4.79 Å². The monoisotopic (exact) mass is 359 g/mol. The number of rotatable bonds is 3. The fourth-order valence-corrected chi connectivity index (χ4v) is 3.91. The zero-order chi connectivity index (χ0) is 18.6. The van der Waals surface area contributed by atoms with E-state index in [9.17, 15) is 4.79 Å². The molecule has 0 spiro atoms. The van der Waals surface area contributed by atoms with Gasteiger partial charge >= 0.3 is 0 Å². The van der Waals surface area contributed by atoms with Crippen LogP contribution in [-0.2, 0) is 0 Å². The minimum Gasteiger partial charge on any atom is -0.372 e. The molecule has 0 saturated carbocycles. The highest BCUT2D eigenvalue weighted by Crippen LogP contribution is 2.31. The Labute approximate surface area is 160 Å². The molecule has 0 radical (unpaired) electrons. The minimum atomic E-state index is -0.405. The summed E-state index contributed by atoms with van der Waals surface area (Å²) in [5.74, 6) is -0.405. The number of hydrogen-bond acceptors (Lipinski definition) is 3. The summed E-state index contributed by atoms with van der Waals surface area (Å²) in [7, 11) is 0. The number of para-hydroxylation sites is 1. The van der Waals surface area contributed by atoms with Crippen molar-refractivity contribution >= 4 is 22.5 Å². The van der Waals surface area contributed by atoms with Gasteiger partial charge in [0.2, 0.25) is 5.91 Å². The molecule has 1 saturated heterocycles. The average molecular weight is 359 g/mol. The highest BCUT2D eigenvalue weighted by atomic mass is 16.1. The molecule has 3 aromatic rings. The number of nitrogens with two attached hydrogens (primary N) is 1. The molecule has 138 valence electrons. The number of primary amides is 1. The van der Waals surface area contributed by atoms with E-state index in [4.69, 9.17) is 5.73 Å². The van der Waals surface area contributed by atoms with E-state index in [2.05, 4.69) is 22.0 Å². The predicted octanol–water partition coefficient (Wildman–Crippen LogP) is 4.77. The molecule has 1 aliphatic heterocycles. The molecule has 4 nitrogen and oxygen atoms in total. The lowest BCUT2D eigenvalue weighted by molar-refractivity contribution is 0.100. The van der Waals surface area contributed by atoms with Crippen molar-refractivity contribution in [3.8, 4) is 11.1 Å². The van der Waals surface area contributed by atoms with Crippen molar-refractivity contribution in [2.24, 2.45) is 5.73 Å². The summed E-state index contributed by atoms with van der Waals surface area (Å²) < 4.78 is 0. The maximum Gasteiger partial charge on any atom is 0.249 e. The maximum atomic E-state index is 12.0. The molecule has 2 heterocycles. The number of aromatic nitrogens is 1. The first-order valence-corrected chi connectivity index (χ1v) is 9.76. The quantitative estimate of drug-likeness (QED) is 0.733. The highest BCUT2D eigenvalue weighted by molar-refractivity contribution is 6.01. The summed E-state index contributed by atoms with van der Waals surface area (Å²) in [6.45, 7) is 2.12. The Morgan fingerprint density at radius 3 is 2.44 bits per heavy atom. The molecule has 0 bridgehead atoms. The number of carbonyl (C=O) groups excluding carboxylic acids is 1. The molecule has 1 aromatic heterocycles. The number of hydrogen-bond donors (Lipinski definition) is 1. The summed E-state index contributed by atoms with van der Waals surface area (Å²) in [6, 6.07) is 16.1. The van der Waals surface area contributed by atoms with Crippen LogP contribution in [0.3, 0.4) is 0 Å². The number of benzene rings is 2. The summed E-state index contributed by atoms with van der Waals surface area (Å²) in [5, 5.41) is 1.06. The lowest BCUT2D eigenvalue weighted by atomic mass is 9.97. The highest BCUT2D eigenvalue weighted by Gasteiger charge is 2.15. The topological polar surface area (TPSA) is 59.2 Å². The summed E-state index contributed by atoms with van der Waals surface area (Å²) in [5.41, 5.74) is 10.1. The normalized spacial score (nSPS) is 15.3. The smallest absolute Gasteiger partial charge is 0.249 e. The standard InChI is InChI=1S/C23H25N3O/c24-23(27)20-11-10-19(26-12-6-2-1-3-7-13-26)15-21(20)18-14-17-8-4-5-9-22(17)25-16-18/h4-5,8-11,14-16H,1-3,6-7,12-13H2,(H2,24,27). The van der Waals surface area contributed by atoms with Gasteiger partial charge in [-0.1, -0.05) is 37.5 Å². The van der Waals surface area contributed by atoms with Crippen LogP contribution < -0.4 is 10.6 Å². The van der Waals surface area contributed by atoms with E-state index >= 15 is 0 Å². The minimum absolute atomic E-state index is 0.405. The Kier molecular flexibility index (Phi) is 5.05. The largest absolute Gasteiger partial charge is 0.372 e. The zero-order valence-corrected chi connectivity index (χ0v) is 15.5. The van der Waals surface area contributed by atoms with Gasteiger partial charge in [0, 0.05) is 41.5 Å². The van der Waals surface area contributed by atoms with Crippen LogP contribution in [0.4, 0.5) is 5.69 Å². The van der Waals surface area contributed by atoms with Gasteiger partial charge in [-0.25, -0.2) is 0 Å². The third-order valence-corrected chi connectivity index (χ3v) is 5.39. The first-order chi connectivity index (χ1) is 13.2.